The Morgan fingerprint density at radius 3 is 2.46 bits per heavy atom. The van der Waals surface area contributed by atoms with Crippen LogP contribution in [0.3, 0.4) is 0 Å². The molecule has 0 spiro atoms. The molecule has 0 aromatic heterocycles. The molecule has 0 radical (unpaired) electrons. The zero-order valence-corrected chi connectivity index (χ0v) is 13.4. The smallest absolute Gasteiger partial charge is 0.337 e. The summed E-state index contributed by atoms with van der Waals surface area (Å²) in [5.74, 6) is 0.133. The number of carbonyl (C=O) groups excluding carboxylic acids is 1. The van der Waals surface area contributed by atoms with Gasteiger partial charge in [-0.2, -0.15) is 5.26 Å². The largest absolute Gasteiger partial charge is 0.495 e. The molecule has 0 aliphatic heterocycles. The molecule has 0 atom stereocenters. The molecular formula is C20H15NO3. The van der Waals surface area contributed by atoms with Crippen molar-refractivity contribution in [3.05, 3.63) is 65.7 Å². The SMILES string of the molecule is COC(=O)c1ccc2cccc(-c3cccc(OC)c3C#N)c2c1. The fourth-order valence-electron chi connectivity index (χ4n) is 2.79. The molecule has 3 aromatic rings. The molecule has 0 N–H and O–H groups in total. The highest BCUT2D eigenvalue weighted by Gasteiger charge is 2.14. The molecule has 0 aliphatic rings. The summed E-state index contributed by atoms with van der Waals surface area (Å²) in [6.07, 6.45) is 0. The van der Waals surface area contributed by atoms with Crippen molar-refractivity contribution in [2.45, 2.75) is 0 Å². The van der Waals surface area contributed by atoms with Gasteiger partial charge >= 0.3 is 5.97 Å². The third-order valence-electron chi connectivity index (χ3n) is 3.95. The lowest BCUT2D eigenvalue weighted by atomic mass is 9.93. The number of nitriles is 1. The van der Waals surface area contributed by atoms with Crippen molar-refractivity contribution in [3.8, 4) is 22.9 Å². The standard InChI is InChI=1S/C20H15NO3/c1-23-19-8-4-7-16(18(19)12-21)15-6-3-5-13-9-10-14(11-17(13)15)20(22)24-2/h3-11H,1-2H3. The van der Waals surface area contributed by atoms with Crippen LogP contribution >= 0.6 is 0 Å². The average Bonchev–Trinajstić information content (AvgIpc) is 2.65. The predicted octanol–water partition coefficient (Wildman–Crippen LogP) is 4.17. The first-order chi connectivity index (χ1) is 11.7. The number of methoxy groups -OCH3 is 2. The number of ether oxygens (including phenoxy) is 2. The maximum absolute atomic E-state index is 11.8. The maximum atomic E-state index is 11.8. The molecule has 0 saturated heterocycles. The van der Waals surface area contributed by atoms with E-state index < -0.39 is 5.97 Å². The van der Waals surface area contributed by atoms with E-state index in [4.69, 9.17) is 9.47 Å². The van der Waals surface area contributed by atoms with Gasteiger partial charge in [0.15, 0.2) is 0 Å². The van der Waals surface area contributed by atoms with Crippen LogP contribution in [-0.4, -0.2) is 20.2 Å². The van der Waals surface area contributed by atoms with E-state index in [1.807, 2.05) is 36.4 Å². The molecule has 0 amide bonds. The van der Waals surface area contributed by atoms with Crippen LogP contribution in [0.1, 0.15) is 15.9 Å². The van der Waals surface area contributed by atoms with Crippen LogP contribution in [0.5, 0.6) is 5.75 Å². The Balaban J connectivity index is 2.31. The van der Waals surface area contributed by atoms with Crippen molar-refractivity contribution < 1.29 is 14.3 Å². The van der Waals surface area contributed by atoms with E-state index in [0.717, 1.165) is 21.9 Å². The van der Waals surface area contributed by atoms with Gasteiger partial charge in [-0.15, -0.1) is 0 Å². The minimum Gasteiger partial charge on any atom is -0.495 e. The first kappa shape index (κ1) is 15.6. The number of hydrogen-bond donors (Lipinski definition) is 0. The fraction of sp³-hybridized carbons (Fsp3) is 0.100. The lowest BCUT2D eigenvalue weighted by Gasteiger charge is -2.12. The third-order valence-corrected chi connectivity index (χ3v) is 3.95. The van der Waals surface area contributed by atoms with Crippen LogP contribution in [0.15, 0.2) is 54.6 Å². The first-order valence-corrected chi connectivity index (χ1v) is 7.38. The number of fused-ring (bicyclic) bond motifs is 1. The maximum Gasteiger partial charge on any atom is 0.337 e. The van der Waals surface area contributed by atoms with Crippen LogP contribution in [0.2, 0.25) is 0 Å². The van der Waals surface area contributed by atoms with E-state index in [9.17, 15) is 10.1 Å². The predicted molar refractivity (Wildman–Crippen MR) is 92.0 cm³/mol. The van der Waals surface area contributed by atoms with Gasteiger partial charge in [0.2, 0.25) is 0 Å². The summed E-state index contributed by atoms with van der Waals surface area (Å²) in [6.45, 7) is 0. The van der Waals surface area contributed by atoms with E-state index in [1.165, 1.54) is 7.11 Å². The second kappa shape index (κ2) is 6.43. The molecular weight excluding hydrogens is 302 g/mol. The number of hydrogen-bond acceptors (Lipinski definition) is 4. The lowest BCUT2D eigenvalue weighted by molar-refractivity contribution is 0.0601. The van der Waals surface area contributed by atoms with E-state index >= 15 is 0 Å². The Kier molecular flexibility index (Phi) is 4.17. The molecule has 3 rings (SSSR count). The number of benzene rings is 3. The highest BCUT2D eigenvalue weighted by molar-refractivity contribution is 6.02. The van der Waals surface area contributed by atoms with Gasteiger partial charge in [0, 0.05) is 5.56 Å². The van der Waals surface area contributed by atoms with Gasteiger partial charge in [-0.1, -0.05) is 36.4 Å². The fourth-order valence-corrected chi connectivity index (χ4v) is 2.79. The summed E-state index contributed by atoms with van der Waals surface area (Å²) in [5.41, 5.74) is 2.58. The van der Waals surface area contributed by atoms with Gasteiger partial charge in [0.25, 0.3) is 0 Å². The van der Waals surface area contributed by atoms with Crippen molar-refractivity contribution in [2.75, 3.05) is 14.2 Å². The summed E-state index contributed by atoms with van der Waals surface area (Å²) < 4.78 is 10.1. The zero-order valence-electron chi connectivity index (χ0n) is 13.4. The highest BCUT2D eigenvalue weighted by atomic mass is 16.5. The average molecular weight is 317 g/mol. The molecule has 0 fully saturated rings. The zero-order chi connectivity index (χ0) is 17.1. The van der Waals surface area contributed by atoms with Crippen LogP contribution in [0.25, 0.3) is 21.9 Å². The number of carbonyl (C=O) groups is 1. The Morgan fingerprint density at radius 2 is 1.75 bits per heavy atom. The van der Waals surface area contributed by atoms with Gasteiger partial charge in [-0.3, -0.25) is 0 Å². The Labute approximate surface area is 139 Å². The van der Waals surface area contributed by atoms with E-state index in [0.29, 0.717) is 16.9 Å². The Bertz CT molecular complexity index is 970. The monoisotopic (exact) mass is 317 g/mol. The summed E-state index contributed by atoms with van der Waals surface area (Å²) in [6, 6.07) is 18.9. The van der Waals surface area contributed by atoms with Crippen molar-refractivity contribution in [1.82, 2.24) is 0 Å². The minimum atomic E-state index is -0.391. The molecule has 4 nitrogen and oxygen atoms in total. The summed E-state index contributed by atoms with van der Waals surface area (Å²) in [7, 11) is 2.90. The van der Waals surface area contributed by atoms with Gasteiger partial charge in [-0.25, -0.2) is 4.79 Å². The quantitative estimate of drug-likeness (QED) is 0.680. The second-order valence-corrected chi connectivity index (χ2v) is 5.23. The van der Waals surface area contributed by atoms with Crippen molar-refractivity contribution in [3.63, 3.8) is 0 Å². The van der Waals surface area contributed by atoms with E-state index in [1.54, 1.807) is 25.3 Å². The van der Waals surface area contributed by atoms with Crippen molar-refractivity contribution >= 4 is 16.7 Å². The number of nitrogens with zero attached hydrogens (tertiary/aromatic N) is 1. The normalized spacial score (nSPS) is 10.2. The molecule has 0 unspecified atom stereocenters. The Hall–Kier alpha value is -3.32. The summed E-state index contributed by atoms with van der Waals surface area (Å²) in [5, 5.41) is 11.4. The van der Waals surface area contributed by atoms with Crippen LogP contribution in [-0.2, 0) is 4.74 Å². The van der Waals surface area contributed by atoms with E-state index in [2.05, 4.69) is 6.07 Å². The van der Waals surface area contributed by atoms with E-state index in [-0.39, 0.29) is 0 Å². The van der Waals surface area contributed by atoms with Gasteiger partial charge in [0.05, 0.1) is 19.8 Å². The van der Waals surface area contributed by atoms with Gasteiger partial charge in [0.1, 0.15) is 17.4 Å². The Morgan fingerprint density at radius 1 is 1.00 bits per heavy atom. The molecule has 0 heterocycles. The van der Waals surface area contributed by atoms with Crippen LogP contribution in [0, 0.1) is 11.3 Å². The third kappa shape index (κ3) is 2.57. The second-order valence-electron chi connectivity index (χ2n) is 5.23. The van der Waals surface area contributed by atoms with Crippen LogP contribution in [0.4, 0.5) is 0 Å². The number of rotatable bonds is 3. The minimum absolute atomic E-state index is 0.391. The number of esters is 1. The molecule has 3 aromatic carbocycles. The summed E-state index contributed by atoms with van der Waals surface area (Å²) in [4.78, 5) is 11.8. The summed E-state index contributed by atoms with van der Waals surface area (Å²) >= 11 is 0. The van der Waals surface area contributed by atoms with Gasteiger partial charge < -0.3 is 9.47 Å². The molecule has 0 bridgehead atoms. The molecule has 118 valence electrons. The van der Waals surface area contributed by atoms with Gasteiger partial charge in [-0.05, 0) is 34.5 Å². The molecule has 4 heteroatoms. The highest BCUT2D eigenvalue weighted by Crippen LogP contribution is 2.35. The molecule has 0 aliphatic carbocycles. The van der Waals surface area contributed by atoms with Crippen LogP contribution < -0.4 is 4.74 Å². The molecule has 0 saturated carbocycles. The lowest BCUT2D eigenvalue weighted by Crippen LogP contribution is -2.00. The first-order valence-electron chi connectivity index (χ1n) is 7.38. The molecule has 24 heavy (non-hydrogen) atoms. The topological polar surface area (TPSA) is 59.3 Å². The van der Waals surface area contributed by atoms with Crippen molar-refractivity contribution in [1.29, 1.82) is 5.26 Å². The van der Waals surface area contributed by atoms with Crippen molar-refractivity contribution in [2.24, 2.45) is 0 Å².